The minimum absolute atomic E-state index is 0.0236. The van der Waals surface area contributed by atoms with Crippen molar-refractivity contribution in [2.75, 3.05) is 12.3 Å². The molecule has 0 bridgehead atoms. The van der Waals surface area contributed by atoms with Gasteiger partial charge in [0.25, 0.3) is 0 Å². The van der Waals surface area contributed by atoms with Gasteiger partial charge in [-0.15, -0.1) is 11.3 Å². The van der Waals surface area contributed by atoms with E-state index in [2.05, 4.69) is 0 Å². The summed E-state index contributed by atoms with van der Waals surface area (Å²) < 4.78 is 26.8. The number of nitrogens with zero attached hydrogens (tertiary/aromatic N) is 1. The monoisotopic (exact) mass is 364 g/mol. The zero-order valence-corrected chi connectivity index (χ0v) is 14.4. The van der Waals surface area contributed by atoms with Crippen LogP contribution in [0.3, 0.4) is 0 Å². The number of thiophene rings is 1. The first kappa shape index (κ1) is 16.6. The average molecular weight is 365 g/mol. The zero-order chi connectivity index (χ0) is 15.6. The van der Waals surface area contributed by atoms with Crippen molar-refractivity contribution in [1.82, 2.24) is 4.31 Å². The molecule has 0 saturated heterocycles. The third kappa shape index (κ3) is 3.35. The van der Waals surface area contributed by atoms with E-state index in [1.165, 1.54) is 27.8 Å². The Hall–Kier alpha value is -0.790. The summed E-state index contributed by atoms with van der Waals surface area (Å²) in [5.74, 6) is 0. The second-order valence-electron chi connectivity index (χ2n) is 4.28. The first-order chi connectivity index (χ1) is 9.87. The van der Waals surface area contributed by atoms with Crippen molar-refractivity contribution in [3.63, 3.8) is 0 Å². The van der Waals surface area contributed by atoms with Crippen LogP contribution in [0.1, 0.15) is 11.8 Å². The second kappa shape index (κ2) is 6.54. The quantitative estimate of drug-likeness (QED) is 0.819. The Kier molecular flexibility index (Phi) is 5.16. The molecule has 0 aliphatic rings. The molecule has 1 aromatic carbocycles. The van der Waals surface area contributed by atoms with Gasteiger partial charge in [-0.05, 0) is 23.6 Å². The van der Waals surface area contributed by atoms with Crippen molar-refractivity contribution in [2.45, 2.75) is 18.4 Å². The summed E-state index contributed by atoms with van der Waals surface area (Å²) in [5, 5.41) is 2.11. The Bertz CT molecular complexity index is 731. The van der Waals surface area contributed by atoms with Crippen molar-refractivity contribution < 1.29 is 8.42 Å². The van der Waals surface area contributed by atoms with Crippen molar-refractivity contribution in [3.05, 3.63) is 44.6 Å². The Balaban J connectivity index is 2.42. The van der Waals surface area contributed by atoms with E-state index in [1.54, 1.807) is 6.92 Å². The SMILES string of the molecule is CCN(Cc1cccs1)S(=O)(=O)c1ccc(Cl)c(N)c1Cl. The Morgan fingerprint density at radius 1 is 1.29 bits per heavy atom. The van der Waals surface area contributed by atoms with Crippen LogP contribution in [0, 0.1) is 0 Å². The van der Waals surface area contributed by atoms with Crippen LogP contribution in [-0.2, 0) is 16.6 Å². The van der Waals surface area contributed by atoms with Gasteiger partial charge in [-0.2, -0.15) is 4.31 Å². The first-order valence-electron chi connectivity index (χ1n) is 6.14. The molecule has 0 radical (unpaired) electrons. The van der Waals surface area contributed by atoms with E-state index < -0.39 is 10.0 Å². The van der Waals surface area contributed by atoms with E-state index in [1.807, 2.05) is 17.5 Å². The lowest BCUT2D eigenvalue weighted by molar-refractivity contribution is 0.426. The molecule has 2 N–H and O–H groups in total. The number of sulfonamides is 1. The molecule has 0 amide bonds. The van der Waals surface area contributed by atoms with Crippen LogP contribution in [0.25, 0.3) is 0 Å². The molecule has 2 aromatic rings. The molecule has 0 aliphatic carbocycles. The molecule has 0 fully saturated rings. The zero-order valence-electron chi connectivity index (χ0n) is 11.2. The molecule has 21 heavy (non-hydrogen) atoms. The Morgan fingerprint density at radius 3 is 2.57 bits per heavy atom. The predicted octanol–water partition coefficient (Wildman–Crippen LogP) is 3.85. The van der Waals surface area contributed by atoms with Gasteiger partial charge in [-0.3, -0.25) is 0 Å². The van der Waals surface area contributed by atoms with Gasteiger partial charge < -0.3 is 5.73 Å². The first-order valence-corrected chi connectivity index (χ1v) is 9.21. The van der Waals surface area contributed by atoms with Crippen LogP contribution in [0.15, 0.2) is 34.5 Å². The van der Waals surface area contributed by atoms with Crippen molar-refractivity contribution in [2.24, 2.45) is 0 Å². The Morgan fingerprint density at radius 2 is 2.00 bits per heavy atom. The maximum absolute atomic E-state index is 12.7. The van der Waals surface area contributed by atoms with Crippen LogP contribution in [-0.4, -0.2) is 19.3 Å². The number of hydrogen-bond acceptors (Lipinski definition) is 4. The van der Waals surface area contributed by atoms with Gasteiger partial charge in [-0.25, -0.2) is 8.42 Å². The lowest BCUT2D eigenvalue weighted by atomic mass is 10.3. The summed E-state index contributed by atoms with van der Waals surface area (Å²) in [5.41, 5.74) is 5.79. The van der Waals surface area contributed by atoms with Gasteiger partial charge in [0.15, 0.2) is 0 Å². The highest BCUT2D eigenvalue weighted by molar-refractivity contribution is 7.89. The number of benzene rings is 1. The highest BCUT2D eigenvalue weighted by Crippen LogP contribution is 2.35. The molecular weight excluding hydrogens is 351 g/mol. The van der Waals surface area contributed by atoms with Crippen LogP contribution in [0.5, 0.6) is 0 Å². The minimum atomic E-state index is -3.73. The summed E-state index contributed by atoms with van der Waals surface area (Å²) in [6.07, 6.45) is 0. The third-order valence-corrected chi connectivity index (χ3v) is 6.65. The van der Waals surface area contributed by atoms with Crippen molar-refractivity contribution in [3.8, 4) is 0 Å². The Labute approximate surface area is 138 Å². The molecule has 0 aliphatic heterocycles. The molecule has 4 nitrogen and oxygen atoms in total. The fourth-order valence-electron chi connectivity index (χ4n) is 1.83. The normalized spacial score (nSPS) is 12.0. The maximum Gasteiger partial charge on any atom is 0.244 e. The molecule has 0 atom stereocenters. The van der Waals surface area contributed by atoms with E-state index in [-0.39, 0.29) is 20.6 Å². The van der Waals surface area contributed by atoms with E-state index in [9.17, 15) is 8.42 Å². The van der Waals surface area contributed by atoms with E-state index in [4.69, 9.17) is 28.9 Å². The third-order valence-electron chi connectivity index (χ3n) is 2.97. The molecule has 1 aromatic heterocycles. The van der Waals surface area contributed by atoms with Gasteiger partial charge in [0.1, 0.15) is 4.90 Å². The summed E-state index contributed by atoms with van der Waals surface area (Å²) in [6.45, 7) is 2.41. The molecule has 0 unspecified atom stereocenters. The fraction of sp³-hybridized carbons (Fsp3) is 0.231. The van der Waals surface area contributed by atoms with Crippen molar-refractivity contribution in [1.29, 1.82) is 0 Å². The van der Waals surface area contributed by atoms with E-state index in [0.717, 1.165) is 4.88 Å². The molecular formula is C13H14Cl2N2O2S2. The molecule has 2 rings (SSSR count). The number of anilines is 1. The molecule has 0 spiro atoms. The number of halogens is 2. The molecule has 8 heteroatoms. The molecule has 0 saturated carbocycles. The van der Waals surface area contributed by atoms with Gasteiger partial charge in [-0.1, -0.05) is 36.2 Å². The number of hydrogen-bond donors (Lipinski definition) is 1. The largest absolute Gasteiger partial charge is 0.396 e. The number of rotatable bonds is 5. The summed E-state index contributed by atoms with van der Waals surface area (Å²) >= 11 is 13.4. The highest BCUT2D eigenvalue weighted by Gasteiger charge is 2.27. The van der Waals surface area contributed by atoms with Crippen LogP contribution >= 0.6 is 34.5 Å². The van der Waals surface area contributed by atoms with Gasteiger partial charge in [0, 0.05) is 18.0 Å². The molecule has 114 valence electrons. The summed E-state index contributed by atoms with van der Waals surface area (Å²) in [4.78, 5) is 0.933. The fourth-order valence-corrected chi connectivity index (χ4v) is 4.80. The number of nitrogen functional groups attached to an aromatic ring is 1. The summed E-state index contributed by atoms with van der Waals surface area (Å²) in [7, 11) is -3.73. The lowest BCUT2D eigenvalue weighted by Gasteiger charge is -2.21. The molecule has 1 heterocycles. The second-order valence-corrected chi connectivity index (χ2v) is 8.01. The smallest absolute Gasteiger partial charge is 0.244 e. The standard InChI is InChI=1S/C13H14Cl2N2O2S2/c1-2-17(8-9-4-3-7-20-9)21(18,19)11-6-5-10(14)13(16)12(11)15/h3-7H,2,8,16H2,1H3. The number of nitrogens with two attached hydrogens (primary N) is 1. The highest BCUT2D eigenvalue weighted by atomic mass is 35.5. The lowest BCUT2D eigenvalue weighted by Crippen LogP contribution is -2.30. The van der Waals surface area contributed by atoms with Gasteiger partial charge in [0.2, 0.25) is 10.0 Å². The minimum Gasteiger partial charge on any atom is -0.396 e. The topological polar surface area (TPSA) is 63.4 Å². The van der Waals surface area contributed by atoms with Crippen molar-refractivity contribution >= 4 is 50.2 Å². The van der Waals surface area contributed by atoms with Crippen LogP contribution in [0.4, 0.5) is 5.69 Å². The van der Waals surface area contributed by atoms with Crippen LogP contribution < -0.4 is 5.73 Å². The maximum atomic E-state index is 12.7. The van der Waals surface area contributed by atoms with E-state index in [0.29, 0.717) is 13.1 Å². The van der Waals surface area contributed by atoms with Gasteiger partial charge >= 0.3 is 0 Å². The predicted molar refractivity (Wildman–Crippen MR) is 88.5 cm³/mol. The van der Waals surface area contributed by atoms with E-state index >= 15 is 0 Å². The van der Waals surface area contributed by atoms with Gasteiger partial charge in [0.05, 0.1) is 15.7 Å². The van der Waals surface area contributed by atoms with Crippen LogP contribution in [0.2, 0.25) is 10.0 Å². The summed E-state index contributed by atoms with van der Waals surface area (Å²) in [6, 6.07) is 6.59. The average Bonchev–Trinajstić information content (AvgIpc) is 2.94.